The Hall–Kier alpha value is -3.24. The molecule has 4 heterocycles. The van der Waals surface area contributed by atoms with Gasteiger partial charge < -0.3 is 15.7 Å². The average Bonchev–Trinajstić information content (AvgIpc) is 3.48. The Balaban J connectivity index is 1.15. The summed E-state index contributed by atoms with van der Waals surface area (Å²) in [6, 6.07) is 8.66. The first-order valence-corrected chi connectivity index (χ1v) is 13.8. The Morgan fingerprint density at radius 2 is 1.84 bits per heavy atom. The summed E-state index contributed by atoms with van der Waals surface area (Å²) in [5, 5.41) is 25.9. The minimum absolute atomic E-state index is 0.0521. The van der Waals surface area contributed by atoms with Crippen LogP contribution in [0.2, 0.25) is 0 Å². The summed E-state index contributed by atoms with van der Waals surface area (Å²) >= 11 is 0. The normalized spacial score (nSPS) is 23.6. The van der Waals surface area contributed by atoms with Gasteiger partial charge in [0.2, 0.25) is 5.91 Å². The maximum Gasteiger partial charge on any atom is 0.228 e. The molecule has 10 heteroatoms. The second-order valence-electron chi connectivity index (χ2n) is 12.2. The smallest absolute Gasteiger partial charge is 0.228 e. The number of rotatable bonds is 7. The van der Waals surface area contributed by atoms with E-state index in [1.165, 1.54) is 0 Å². The number of carbonyl (C=O) groups is 1. The molecule has 1 aliphatic heterocycles. The minimum atomic E-state index is -0.224. The predicted molar refractivity (Wildman–Crippen MR) is 145 cm³/mol. The van der Waals surface area contributed by atoms with Gasteiger partial charge in [0.15, 0.2) is 11.6 Å². The van der Waals surface area contributed by atoms with Gasteiger partial charge in [0.1, 0.15) is 5.82 Å². The van der Waals surface area contributed by atoms with E-state index in [1.807, 2.05) is 12.1 Å². The molecule has 1 amide bonds. The minimum Gasteiger partial charge on any atom is -0.393 e. The number of anilines is 3. The Morgan fingerprint density at radius 3 is 2.55 bits per heavy atom. The number of aromatic nitrogens is 5. The molecule has 0 aromatic carbocycles. The van der Waals surface area contributed by atoms with Crippen LogP contribution in [0.3, 0.4) is 0 Å². The molecular formula is C28H38N8O2. The Morgan fingerprint density at radius 1 is 1.08 bits per heavy atom. The first-order valence-electron chi connectivity index (χ1n) is 13.8. The molecule has 202 valence electrons. The van der Waals surface area contributed by atoms with E-state index in [-0.39, 0.29) is 35.4 Å². The highest BCUT2D eigenvalue weighted by atomic mass is 16.3. The van der Waals surface area contributed by atoms with E-state index in [0.717, 1.165) is 73.9 Å². The molecule has 10 nitrogen and oxygen atoms in total. The highest BCUT2D eigenvalue weighted by Gasteiger charge is 2.34. The van der Waals surface area contributed by atoms with Crippen molar-refractivity contribution in [3.63, 3.8) is 0 Å². The van der Waals surface area contributed by atoms with Crippen LogP contribution >= 0.6 is 0 Å². The van der Waals surface area contributed by atoms with Crippen LogP contribution in [-0.4, -0.2) is 53.1 Å². The summed E-state index contributed by atoms with van der Waals surface area (Å²) in [5.41, 5.74) is 3.40. The van der Waals surface area contributed by atoms with Crippen LogP contribution in [0.5, 0.6) is 0 Å². The fourth-order valence-electron chi connectivity index (χ4n) is 5.46. The second-order valence-corrected chi connectivity index (χ2v) is 12.2. The third kappa shape index (κ3) is 5.07. The van der Waals surface area contributed by atoms with Crippen LogP contribution in [0.1, 0.15) is 82.4 Å². The van der Waals surface area contributed by atoms with Gasteiger partial charge in [0.25, 0.3) is 0 Å². The summed E-state index contributed by atoms with van der Waals surface area (Å²) < 4.78 is 4.17. The van der Waals surface area contributed by atoms with Gasteiger partial charge in [-0.05, 0) is 50.3 Å². The fraction of sp³-hybridized carbons (Fsp3) is 0.571. The standard InChI is InChI=1S/C28H38N8O2/c1-17-22-14-25(30-26-15-23(28(2,3)4)36(33-26)20-12-21(37)13-20)32-35(22)10-9-34(17)16-18-7-8-29-24(11-18)31-27(38)19-5-6-19/h7-8,11,14-15,17,19-21,37H,5-6,9-10,12-13,16H2,1-4H3,(H,29,31,38)(H,30,32,33). The maximum atomic E-state index is 12.1. The second kappa shape index (κ2) is 9.50. The van der Waals surface area contributed by atoms with Crippen LogP contribution < -0.4 is 10.6 Å². The van der Waals surface area contributed by atoms with Crippen molar-refractivity contribution < 1.29 is 9.90 Å². The van der Waals surface area contributed by atoms with Crippen molar-refractivity contribution in [2.24, 2.45) is 5.92 Å². The van der Waals surface area contributed by atoms with E-state index in [0.29, 0.717) is 5.82 Å². The van der Waals surface area contributed by atoms with E-state index < -0.39 is 0 Å². The number of fused-ring (bicyclic) bond motifs is 1. The van der Waals surface area contributed by atoms with Crippen molar-refractivity contribution in [3.8, 4) is 0 Å². The lowest BCUT2D eigenvalue weighted by Gasteiger charge is -2.34. The molecule has 0 spiro atoms. The van der Waals surface area contributed by atoms with Crippen LogP contribution in [0, 0.1) is 5.92 Å². The van der Waals surface area contributed by atoms with Crippen molar-refractivity contribution in [2.75, 3.05) is 17.2 Å². The zero-order valence-corrected chi connectivity index (χ0v) is 22.7. The third-order valence-electron chi connectivity index (χ3n) is 7.99. The van der Waals surface area contributed by atoms with Crippen LogP contribution in [0.15, 0.2) is 30.5 Å². The number of hydrogen-bond donors (Lipinski definition) is 3. The number of aliphatic hydroxyl groups excluding tert-OH is 1. The summed E-state index contributed by atoms with van der Waals surface area (Å²) in [6.45, 7) is 11.2. The van der Waals surface area contributed by atoms with E-state index >= 15 is 0 Å². The molecular weight excluding hydrogens is 480 g/mol. The average molecular weight is 519 g/mol. The van der Waals surface area contributed by atoms with Crippen molar-refractivity contribution in [2.45, 2.75) is 90.1 Å². The number of nitrogens with zero attached hydrogens (tertiary/aromatic N) is 6. The number of hydrogen-bond acceptors (Lipinski definition) is 7. The molecule has 2 fully saturated rings. The molecule has 3 aromatic heterocycles. The van der Waals surface area contributed by atoms with E-state index in [2.05, 4.69) is 69.7 Å². The highest BCUT2D eigenvalue weighted by Crippen LogP contribution is 2.37. The van der Waals surface area contributed by atoms with Gasteiger partial charge in [-0.25, -0.2) is 4.98 Å². The molecule has 3 aliphatic rings. The predicted octanol–water partition coefficient (Wildman–Crippen LogP) is 4.14. The molecule has 0 radical (unpaired) electrons. The number of carbonyl (C=O) groups excluding carboxylic acids is 1. The lowest BCUT2D eigenvalue weighted by Crippen LogP contribution is -2.36. The van der Waals surface area contributed by atoms with Crippen molar-refractivity contribution in [1.82, 2.24) is 29.4 Å². The quantitative estimate of drug-likeness (QED) is 0.431. The SMILES string of the molecule is CC1c2cc(Nc3cc(C(C)(C)C)n(C4CC(O)C4)n3)nn2CCN1Cc1ccnc(NC(=O)C2CC2)c1. The van der Waals surface area contributed by atoms with Gasteiger partial charge in [0, 0.05) is 54.5 Å². The summed E-state index contributed by atoms with van der Waals surface area (Å²) in [7, 11) is 0. The lowest BCUT2D eigenvalue weighted by atomic mass is 9.87. The van der Waals surface area contributed by atoms with Crippen molar-refractivity contribution >= 4 is 23.4 Å². The summed E-state index contributed by atoms with van der Waals surface area (Å²) in [5.74, 6) is 2.45. The molecule has 2 saturated carbocycles. The number of amides is 1. The Kier molecular flexibility index (Phi) is 6.26. The monoisotopic (exact) mass is 518 g/mol. The molecule has 1 unspecified atom stereocenters. The zero-order valence-electron chi connectivity index (χ0n) is 22.7. The van der Waals surface area contributed by atoms with Gasteiger partial charge in [0.05, 0.1) is 24.4 Å². The molecule has 1 atom stereocenters. The van der Waals surface area contributed by atoms with Crippen LogP contribution in [0.4, 0.5) is 17.5 Å². The highest BCUT2D eigenvalue weighted by molar-refractivity contribution is 5.93. The van der Waals surface area contributed by atoms with Gasteiger partial charge in [-0.1, -0.05) is 20.8 Å². The van der Waals surface area contributed by atoms with Gasteiger partial charge in [-0.2, -0.15) is 10.2 Å². The van der Waals surface area contributed by atoms with Gasteiger partial charge in [-0.15, -0.1) is 0 Å². The largest absolute Gasteiger partial charge is 0.393 e. The van der Waals surface area contributed by atoms with E-state index in [9.17, 15) is 9.90 Å². The van der Waals surface area contributed by atoms with E-state index in [4.69, 9.17) is 10.2 Å². The molecule has 3 aromatic rings. The molecule has 0 saturated heterocycles. The molecule has 0 bridgehead atoms. The number of nitrogens with one attached hydrogen (secondary N) is 2. The Labute approximate surface area is 223 Å². The van der Waals surface area contributed by atoms with E-state index in [1.54, 1.807) is 6.20 Å². The first-order chi connectivity index (χ1) is 18.1. The first kappa shape index (κ1) is 25.1. The number of aliphatic hydroxyl groups is 1. The van der Waals surface area contributed by atoms with Crippen LogP contribution in [-0.2, 0) is 23.3 Å². The summed E-state index contributed by atoms with van der Waals surface area (Å²) in [6.07, 6.45) is 5.01. The van der Waals surface area contributed by atoms with Crippen molar-refractivity contribution in [1.29, 1.82) is 0 Å². The van der Waals surface area contributed by atoms with Crippen LogP contribution in [0.25, 0.3) is 0 Å². The fourth-order valence-corrected chi connectivity index (χ4v) is 5.46. The molecule has 3 N–H and O–H groups in total. The number of pyridine rings is 1. The van der Waals surface area contributed by atoms with Gasteiger partial charge >= 0.3 is 0 Å². The molecule has 38 heavy (non-hydrogen) atoms. The summed E-state index contributed by atoms with van der Waals surface area (Å²) in [4.78, 5) is 18.9. The lowest BCUT2D eigenvalue weighted by molar-refractivity contribution is -0.117. The van der Waals surface area contributed by atoms with Crippen molar-refractivity contribution in [3.05, 3.63) is 47.4 Å². The zero-order chi connectivity index (χ0) is 26.6. The topological polar surface area (TPSA) is 113 Å². The molecule has 6 rings (SSSR count). The Bertz CT molecular complexity index is 1330. The third-order valence-corrected chi connectivity index (χ3v) is 7.99. The maximum absolute atomic E-state index is 12.1. The van der Waals surface area contributed by atoms with Gasteiger partial charge in [-0.3, -0.25) is 19.1 Å². The molecule has 2 aliphatic carbocycles.